The highest BCUT2D eigenvalue weighted by Crippen LogP contribution is 2.31. The standard InChI is InChI=1S/C17H23N3O2/c18-13-6-3-5-12(13)11-16(21)19-14-7-1-2-8-15(14)20-10-4-9-17(20)22/h1-2,7-8,12-13H,3-6,9-11,18H2,(H,19,21)/t12-,13+/m0/s1. The third kappa shape index (κ3) is 3.14. The first-order valence-electron chi connectivity index (χ1n) is 8.10. The van der Waals surface area contributed by atoms with Crippen molar-refractivity contribution < 1.29 is 9.59 Å². The molecular formula is C17H23N3O2. The van der Waals surface area contributed by atoms with Gasteiger partial charge < -0.3 is 16.0 Å². The number of hydrogen-bond donors (Lipinski definition) is 2. The topological polar surface area (TPSA) is 75.4 Å². The van der Waals surface area contributed by atoms with Crippen LogP contribution in [-0.2, 0) is 9.59 Å². The van der Waals surface area contributed by atoms with E-state index in [2.05, 4.69) is 5.32 Å². The maximum Gasteiger partial charge on any atom is 0.227 e. The minimum absolute atomic E-state index is 0.0126. The molecule has 0 radical (unpaired) electrons. The van der Waals surface area contributed by atoms with Crippen LogP contribution in [0.1, 0.15) is 38.5 Å². The predicted molar refractivity (Wildman–Crippen MR) is 86.6 cm³/mol. The molecule has 2 fully saturated rings. The summed E-state index contributed by atoms with van der Waals surface area (Å²) in [5, 5.41) is 2.97. The van der Waals surface area contributed by atoms with Gasteiger partial charge in [-0.1, -0.05) is 18.6 Å². The molecule has 118 valence electrons. The third-order valence-electron chi connectivity index (χ3n) is 4.71. The van der Waals surface area contributed by atoms with Crippen LogP contribution in [0, 0.1) is 5.92 Å². The number of anilines is 2. The van der Waals surface area contributed by atoms with Gasteiger partial charge >= 0.3 is 0 Å². The van der Waals surface area contributed by atoms with Crippen molar-refractivity contribution in [2.45, 2.75) is 44.6 Å². The Hall–Kier alpha value is -1.88. The summed E-state index contributed by atoms with van der Waals surface area (Å²) < 4.78 is 0. The molecule has 1 aromatic carbocycles. The van der Waals surface area contributed by atoms with E-state index in [9.17, 15) is 9.59 Å². The lowest BCUT2D eigenvalue weighted by atomic mass is 10.00. The molecule has 22 heavy (non-hydrogen) atoms. The van der Waals surface area contributed by atoms with E-state index >= 15 is 0 Å². The molecular weight excluding hydrogens is 278 g/mol. The molecule has 1 aliphatic carbocycles. The van der Waals surface area contributed by atoms with E-state index in [-0.39, 0.29) is 23.8 Å². The second-order valence-corrected chi connectivity index (χ2v) is 6.27. The number of carbonyl (C=O) groups is 2. The van der Waals surface area contributed by atoms with Gasteiger partial charge in [0.05, 0.1) is 11.4 Å². The number of nitrogens with zero attached hydrogens (tertiary/aromatic N) is 1. The number of benzene rings is 1. The summed E-state index contributed by atoms with van der Waals surface area (Å²) in [5.74, 6) is 0.390. The fourth-order valence-corrected chi connectivity index (χ4v) is 3.48. The van der Waals surface area contributed by atoms with E-state index in [1.54, 1.807) is 4.90 Å². The minimum Gasteiger partial charge on any atom is -0.327 e. The van der Waals surface area contributed by atoms with Crippen molar-refractivity contribution in [3.8, 4) is 0 Å². The van der Waals surface area contributed by atoms with Crippen LogP contribution in [0.25, 0.3) is 0 Å². The SMILES string of the molecule is N[C@@H]1CCC[C@H]1CC(=O)Nc1ccccc1N1CCCC1=O. The Kier molecular flexibility index (Phi) is 4.43. The zero-order valence-electron chi connectivity index (χ0n) is 12.8. The van der Waals surface area contributed by atoms with Crippen LogP contribution < -0.4 is 16.0 Å². The predicted octanol–water partition coefficient (Wildman–Crippen LogP) is 2.27. The number of rotatable bonds is 4. The number of nitrogens with one attached hydrogen (secondary N) is 1. The molecule has 1 aromatic rings. The smallest absolute Gasteiger partial charge is 0.227 e. The lowest BCUT2D eigenvalue weighted by molar-refractivity contribution is -0.118. The molecule has 5 heteroatoms. The van der Waals surface area contributed by atoms with Gasteiger partial charge in [0.25, 0.3) is 0 Å². The van der Waals surface area contributed by atoms with Crippen LogP contribution >= 0.6 is 0 Å². The minimum atomic E-state index is -0.0126. The summed E-state index contributed by atoms with van der Waals surface area (Å²) in [5.41, 5.74) is 7.55. The highest BCUT2D eigenvalue weighted by Gasteiger charge is 2.27. The van der Waals surface area contributed by atoms with Crippen molar-refractivity contribution in [1.82, 2.24) is 0 Å². The van der Waals surface area contributed by atoms with Gasteiger partial charge in [0.15, 0.2) is 0 Å². The quantitative estimate of drug-likeness (QED) is 0.895. The number of para-hydroxylation sites is 2. The van der Waals surface area contributed by atoms with Crippen molar-refractivity contribution >= 4 is 23.2 Å². The lowest BCUT2D eigenvalue weighted by Gasteiger charge is -2.21. The molecule has 5 nitrogen and oxygen atoms in total. The van der Waals surface area contributed by atoms with Gasteiger partial charge in [0.1, 0.15) is 0 Å². The zero-order valence-corrected chi connectivity index (χ0v) is 12.8. The first-order chi connectivity index (χ1) is 10.6. The summed E-state index contributed by atoms with van der Waals surface area (Å²) >= 11 is 0. The Morgan fingerprint density at radius 2 is 2.09 bits per heavy atom. The second kappa shape index (κ2) is 6.48. The molecule has 2 aliphatic rings. The number of nitrogens with two attached hydrogens (primary N) is 1. The largest absolute Gasteiger partial charge is 0.327 e. The molecule has 1 saturated heterocycles. The fraction of sp³-hybridized carbons (Fsp3) is 0.529. The number of carbonyl (C=O) groups excluding carboxylic acids is 2. The van der Waals surface area contributed by atoms with Crippen molar-refractivity contribution in [1.29, 1.82) is 0 Å². The van der Waals surface area contributed by atoms with Gasteiger partial charge in [-0.3, -0.25) is 9.59 Å². The van der Waals surface area contributed by atoms with Crippen LogP contribution in [0.15, 0.2) is 24.3 Å². The molecule has 0 bridgehead atoms. The Labute approximate surface area is 130 Å². The van der Waals surface area contributed by atoms with Gasteiger partial charge in [-0.25, -0.2) is 0 Å². The third-order valence-corrected chi connectivity index (χ3v) is 4.71. The van der Waals surface area contributed by atoms with E-state index in [0.29, 0.717) is 18.5 Å². The summed E-state index contributed by atoms with van der Waals surface area (Å²) in [7, 11) is 0. The van der Waals surface area contributed by atoms with Crippen LogP contribution in [0.3, 0.4) is 0 Å². The fourth-order valence-electron chi connectivity index (χ4n) is 3.48. The van der Waals surface area contributed by atoms with Gasteiger partial charge in [-0.15, -0.1) is 0 Å². The average molecular weight is 301 g/mol. The van der Waals surface area contributed by atoms with Crippen LogP contribution in [0.4, 0.5) is 11.4 Å². The second-order valence-electron chi connectivity index (χ2n) is 6.27. The van der Waals surface area contributed by atoms with Crippen LogP contribution in [0.2, 0.25) is 0 Å². The maximum atomic E-state index is 12.3. The normalized spacial score (nSPS) is 24.8. The molecule has 0 aromatic heterocycles. The average Bonchev–Trinajstić information content (AvgIpc) is 3.09. The van der Waals surface area contributed by atoms with E-state index in [1.807, 2.05) is 24.3 Å². The van der Waals surface area contributed by atoms with E-state index in [0.717, 1.165) is 37.9 Å². The first-order valence-corrected chi connectivity index (χ1v) is 8.10. The zero-order chi connectivity index (χ0) is 15.5. The number of hydrogen-bond acceptors (Lipinski definition) is 3. The van der Waals surface area contributed by atoms with Crippen molar-refractivity contribution in [2.75, 3.05) is 16.8 Å². The molecule has 2 amide bonds. The summed E-state index contributed by atoms with van der Waals surface area (Å²) in [4.78, 5) is 26.0. The molecule has 3 rings (SSSR count). The first kappa shape index (κ1) is 15.0. The Morgan fingerprint density at radius 1 is 1.27 bits per heavy atom. The molecule has 0 unspecified atom stereocenters. The van der Waals surface area contributed by atoms with Crippen LogP contribution in [0.5, 0.6) is 0 Å². The Balaban J connectivity index is 1.69. The van der Waals surface area contributed by atoms with Crippen molar-refractivity contribution in [3.63, 3.8) is 0 Å². The Morgan fingerprint density at radius 3 is 2.77 bits per heavy atom. The van der Waals surface area contributed by atoms with E-state index < -0.39 is 0 Å². The van der Waals surface area contributed by atoms with E-state index in [1.165, 1.54) is 0 Å². The van der Waals surface area contributed by atoms with Crippen LogP contribution in [-0.4, -0.2) is 24.4 Å². The lowest BCUT2D eigenvalue weighted by Crippen LogP contribution is -2.29. The summed E-state index contributed by atoms with van der Waals surface area (Å²) in [6, 6.07) is 7.65. The molecule has 0 spiro atoms. The van der Waals surface area contributed by atoms with E-state index in [4.69, 9.17) is 5.73 Å². The molecule has 1 aliphatic heterocycles. The van der Waals surface area contributed by atoms with Gasteiger partial charge in [-0.2, -0.15) is 0 Å². The molecule has 1 saturated carbocycles. The van der Waals surface area contributed by atoms with Gasteiger partial charge in [-0.05, 0) is 37.3 Å². The van der Waals surface area contributed by atoms with Gasteiger partial charge in [0, 0.05) is 25.4 Å². The number of amides is 2. The van der Waals surface area contributed by atoms with Crippen molar-refractivity contribution in [3.05, 3.63) is 24.3 Å². The Bertz CT molecular complexity index is 573. The molecule has 1 heterocycles. The van der Waals surface area contributed by atoms with Crippen molar-refractivity contribution in [2.24, 2.45) is 11.7 Å². The monoisotopic (exact) mass is 301 g/mol. The summed E-state index contributed by atoms with van der Waals surface area (Å²) in [6.45, 7) is 0.721. The van der Waals surface area contributed by atoms with Gasteiger partial charge in [0.2, 0.25) is 11.8 Å². The summed E-state index contributed by atoms with van der Waals surface area (Å²) in [6.07, 6.45) is 5.07. The highest BCUT2D eigenvalue weighted by molar-refractivity contribution is 6.02. The maximum absolute atomic E-state index is 12.3. The molecule has 3 N–H and O–H groups in total. The molecule has 2 atom stereocenters. The highest BCUT2D eigenvalue weighted by atomic mass is 16.2.